The lowest BCUT2D eigenvalue weighted by atomic mass is 10.0. The highest BCUT2D eigenvalue weighted by molar-refractivity contribution is 5.76. The Bertz CT molecular complexity index is 479. The van der Waals surface area contributed by atoms with Gasteiger partial charge in [-0.05, 0) is 18.2 Å². The van der Waals surface area contributed by atoms with Gasteiger partial charge >= 0.3 is 0 Å². The van der Waals surface area contributed by atoms with E-state index in [0.29, 0.717) is 11.3 Å². The molecule has 0 radical (unpaired) electrons. The van der Waals surface area contributed by atoms with E-state index in [2.05, 4.69) is 16.3 Å². The molecule has 3 N–H and O–H groups in total. The van der Waals surface area contributed by atoms with Crippen LogP contribution in [0.1, 0.15) is 5.56 Å². The summed E-state index contributed by atoms with van der Waals surface area (Å²) in [5.74, 6) is 0. The van der Waals surface area contributed by atoms with Gasteiger partial charge in [-0.15, -0.1) is 0 Å². The molecule has 1 aromatic carbocycles. The normalized spacial score (nSPS) is 9.64. The molecular formula is C10H8N4. The van der Waals surface area contributed by atoms with Crippen LogP contribution in [0.4, 0.5) is 5.69 Å². The Balaban J connectivity index is 2.58. The van der Waals surface area contributed by atoms with Gasteiger partial charge in [0.1, 0.15) is 0 Å². The summed E-state index contributed by atoms with van der Waals surface area (Å²) in [5.41, 5.74) is 8.74. The third-order valence-corrected chi connectivity index (χ3v) is 1.99. The van der Waals surface area contributed by atoms with Gasteiger partial charge in [-0.25, -0.2) is 0 Å². The minimum absolute atomic E-state index is 0.593. The molecule has 0 aliphatic carbocycles. The topological polar surface area (TPSA) is 78.5 Å². The summed E-state index contributed by atoms with van der Waals surface area (Å²) >= 11 is 0. The summed E-state index contributed by atoms with van der Waals surface area (Å²) in [6.07, 6.45) is 3.42. The van der Waals surface area contributed by atoms with E-state index in [4.69, 9.17) is 11.0 Å². The van der Waals surface area contributed by atoms with Crippen LogP contribution in [0.5, 0.6) is 0 Å². The number of nitrogens with two attached hydrogens (primary N) is 1. The van der Waals surface area contributed by atoms with Crippen molar-refractivity contribution in [2.75, 3.05) is 5.73 Å². The van der Waals surface area contributed by atoms with Crippen LogP contribution >= 0.6 is 0 Å². The van der Waals surface area contributed by atoms with Gasteiger partial charge in [-0.1, -0.05) is 0 Å². The summed E-state index contributed by atoms with van der Waals surface area (Å²) in [6, 6.07) is 7.24. The smallest absolute Gasteiger partial charge is 0.0991 e. The highest BCUT2D eigenvalue weighted by atomic mass is 15.1. The van der Waals surface area contributed by atoms with Crippen molar-refractivity contribution in [3.8, 4) is 17.2 Å². The fraction of sp³-hybridized carbons (Fsp3) is 0. The van der Waals surface area contributed by atoms with Crippen molar-refractivity contribution in [3.63, 3.8) is 0 Å². The number of aromatic amines is 1. The van der Waals surface area contributed by atoms with Crippen LogP contribution in [-0.2, 0) is 0 Å². The van der Waals surface area contributed by atoms with E-state index in [-0.39, 0.29) is 0 Å². The van der Waals surface area contributed by atoms with E-state index in [1.165, 1.54) is 0 Å². The molecule has 1 aromatic heterocycles. The Kier molecular flexibility index (Phi) is 1.92. The Morgan fingerprint density at radius 2 is 2.29 bits per heavy atom. The summed E-state index contributed by atoms with van der Waals surface area (Å²) in [6.45, 7) is 0. The van der Waals surface area contributed by atoms with Crippen LogP contribution in [0.2, 0.25) is 0 Å². The molecule has 4 nitrogen and oxygen atoms in total. The van der Waals surface area contributed by atoms with E-state index in [9.17, 15) is 0 Å². The molecule has 2 rings (SSSR count). The van der Waals surface area contributed by atoms with Crippen LogP contribution in [0.15, 0.2) is 30.6 Å². The molecule has 2 aromatic rings. The highest BCUT2D eigenvalue weighted by Crippen LogP contribution is 2.25. The van der Waals surface area contributed by atoms with Gasteiger partial charge in [0.2, 0.25) is 0 Å². The number of anilines is 1. The number of H-pyrrole nitrogens is 1. The zero-order valence-corrected chi connectivity index (χ0v) is 7.36. The third-order valence-electron chi connectivity index (χ3n) is 1.99. The van der Waals surface area contributed by atoms with Crippen molar-refractivity contribution in [2.24, 2.45) is 0 Å². The molecule has 0 amide bonds. The van der Waals surface area contributed by atoms with E-state index in [1.807, 2.05) is 0 Å². The maximum absolute atomic E-state index is 8.74. The standard InChI is InChI=1S/C10H8N4/c11-4-7-1-2-10(12)9(3-7)8-5-13-14-6-8/h1-3,5-6H,12H2,(H,13,14). The molecule has 0 unspecified atom stereocenters. The third kappa shape index (κ3) is 1.31. The molecule has 14 heavy (non-hydrogen) atoms. The summed E-state index contributed by atoms with van der Waals surface area (Å²) < 4.78 is 0. The van der Waals surface area contributed by atoms with Gasteiger partial charge in [-0.2, -0.15) is 10.4 Å². The van der Waals surface area contributed by atoms with Crippen molar-refractivity contribution in [1.82, 2.24) is 10.2 Å². The molecule has 1 heterocycles. The Morgan fingerprint density at radius 1 is 1.43 bits per heavy atom. The Labute approximate surface area is 81.0 Å². The minimum atomic E-state index is 0.593. The highest BCUT2D eigenvalue weighted by Gasteiger charge is 2.04. The summed E-state index contributed by atoms with van der Waals surface area (Å²) in [4.78, 5) is 0. The van der Waals surface area contributed by atoms with E-state index < -0.39 is 0 Å². The monoisotopic (exact) mass is 184 g/mol. The molecule has 68 valence electrons. The van der Waals surface area contributed by atoms with E-state index in [1.54, 1.807) is 30.6 Å². The van der Waals surface area contributed by atoms with Gasteiger partial charge in [0.25, 0.3) is 0 Å². The van der Waals surface area contributed by atoms with Gasteiger partial charge in [-0.3, -0.25) is 5.10 Å². The van der Waals surface area contributed by atoms with E-state index in [0.717, 1.165) is 11.1 Å². The molecular weight excluding hydrogens is 176 g/mol. The van der Waals surface area contributed by atoms with Gasteiger partial charge in [0, 0.05) is 23.0 Å². The second-order valence-corrected chi connectivity index (χ2v) is 2.90. The van der Waals surface area contributed by atoms with Crippen molar-refractivity contribution in [2.45, 2.75) is 0 Å². The summed E-state index contributed by atoms with van der Waals surface area (Å²) in [5, 5.41) is 15.3. The van der Waals surface area contributed by atoms with Crippen LogP contribution in [0.25, 0.3) is 11.1 Å². The molecule has 0 aliphatic heterocycles. The van der Waals surface area contributed by atoms with Gasteiger partial charge in [0.05, 0.1) is 17.8 Å². The fourth-order valence-corrected chi connectivity index (χ4v) is 1.27. The quantitative estimate of drug-likeness (QED) is 0.659. The number of nitrogens with one attached hydrogen (secondary N) is 1. The average Bonchev–Trinajstić information content (AvgIpc) is 2.71. The second-order valence-electron chi connectivity index (χ2n) is 2.90. The minimum Gasteiger partial charge on any atom is -0.398 e. The zero-order chi connectivity index (χ0) is 9.97. The molecule has 0 fully saturated rings. The van der Waals surface area contributed by atoms with Crippen molar-refractivity contribution in [1.29, 1.82) is 5.26 Å². The number of nitriles is 1. The number of nitrogens with zero attached hydrogens (tertiary/aromatic N) is 2. The fourth-order valence-electron chi connectivity index (χ4n) is 1.27. The second kappa shape index (κ2) is 3.23. The van der Waals surface area contributed by atoms with Crippen LogP contribution in [0.3, 0.4) is 0 Å². The average molecular weight is 184 g/mol. The molecule has 0 spiro atoms. The number of hydrogen-bond donors (Lipinski definition) is 2. The Morgan fingerprint density at radius 3 is 2.93 bits per heavy atom. The number of hydrogen-bond acceptors (Lipinski definition) is 3. The zero-order valence-electron chi connectivity index (χ0n) is 7.36. The molecule has 0 atom stereocenters. The lowest BCUT2D eigenvalue weighted by molar-refractivity contribution is 1.09. The van der Waals surface area contributed by atoms with Crippen LogP contribution < -0.4 is 5.73 Å². The van der Waals surface area contributed by atoms with Crippen molar-refractivity contribution >= 4 is 5.69 Å². The number of nitrogen functional groups attached to an aromatic ring is 1. The lowest BCUT2D eigenvalue weighted by Crippen LogP contribution is -1.89. The maximum atomic E-state index is 8.74. The first-order valence-corrected chi connectivity index (χ1v) is 4.10. The van der Waals surface area contributed by atoms with Crippen molar-refractivity contribution < 1.29 is 0 Å². The van der Waals surface area contributed by atoms with Gasteiger partial charge < -0.3 is 5.73 Å². The Hall–Kier alpha value is -2.28. The van der Waals surface area contributed by atoms with Crippen molar-refractivity contribution in [3.05, 3.63) is 36.2 Å². The van der Waals surface area contributed by atoms with Crippen LogP contribution in [0, 0.1) is 11.3 Å². The molecule has 0 saturated carbocycles. The molecule has 0 bridgehead atoms. The molecule has 0 aliphatic rings. The number of benzene rings is 1. The number of rotatable bonds is 1. The first-order valence-electron chi connectivity index (χ1n) is 4.10. The first-order chi connectivity index (χ1) is 6.81. The van der Waals surface area contributed by atoms with E-state index >= 15 is 0 Å². The van der Waals surface area contributed by atoms with Gasteiger partial charge in [0.15, 0.2) is 0 Å². The molecule has 4 heteroatoms. The predicted molar refractivity (Wildman–Crippen MR) is 53.2 cm³/mol. The van der Waals surface area contributed by atoms with Crippen LogP contribution in [-0.4, -0.2) is 10.2 Å². The first kappa shape index (κ1) is 8.32. The SMILES string of the molecule is N#Cc1ccc(N)c(-c2cn[nH]c2)c1. The largest absolute Gasteiger partial charge is 0.398 e. The number of aromatic nitrogens is 2. The summed E-state index contributed by atoms with van der Waals surface area (Å²) in [7, 11) is 0. The molecule has 0 saturated heterocycles. The lowest BCUT2D eigenvalue weighted by Gasteiger charge is -2.02. The predicted octanol–water partition coefficient (Wildman–Crippen LogP) is 1.53. The maximum Gasteiger partial charge on any atom is 0.0991 e.